The van der Waals surface area contributed by atoms with E-state index < -0.39 is 0 Å². The van der Waals surface area contributed by atoms with Gasteiger partial charge in [-0.05, 0) is 49.4 Å². The molecule has 1 aliphatic carbocycles. The standard InChI is InChI=1S/C14H21NO/c1-3-11-4-5-13(10-11)15-12-6-8-14(16-2)9-7-12/h6-9,11,13,15H,3-5,10H2,1-2H3. The smallest absolute Gasteiger partial charge is 0.119 e. The summed E-state index contributed by atoms with van der Waals surface area (Å²) in [5.41, 5.74) is 1.21. The first-order chi connectivity index (χ1) is 7.81. The summed E-state index contributed by atoms with van der Waals surface area (Å²) in [4.78, 5) is 0. The highest BCUT2D eigenvalue weighted by molar-refractivity contribution is 5.47. The van der Waals surface area contributed by atoms with Gasteiger partial charge in [0.25, 0.3) is 0 Å². The SMILES string of the molecule is CCC1CCC(Nc2ccc(OC)cc2)C1. The first-order valence-corrected chi connectivity index (χ1v) is 6.22. The summed E-state index contributed by atoms with van der Waals surface area (Å²) in [7, 11) is 1.70. The molecule has 2 atom stereocenters. The quantitative estimate of drug-likeness (QED) is 0.834. The zero-order valence-corrected chi connectivity index (χ0v) is 10.2. The third-order valence-electron chi connectivity index (χ3n) is 3.58. The van der Waals surface area contributed by atoms with Gasteiger partial charge in [0.15, 0.2) is 0 Å². The van der Waals surface area contributed by atoms with Gasteiger partial charge in [0.1, 0.15) is 5.75 Å². The number of rotatable bonds is 4. The highest BCUT2D eigenvalue weighted by Gasteiger charge is 2.22. The highest BCUT2D eigenvalue weighted by Crippen LogP contribution is 2.30. The van der Waals surface area contributed by atoms with E-state index in [0.29, 0.717) is 6.04 Å². The van der Waals surface area contributed by atoms with Gasteiger partial charge in [0.05, 0.1) is 7.11 Å². The highest BCUT2D eigenvalue weighted by atomic mass is 16.5. The Bertz CT molecular complexity index is 320. The first-order valence-electron chi connectivity index (χ1n) is 6.22. The molecule has 88 valence electrons. The molecule has 0 amide bonds. The van der Waals surface area contributed by atoms with E-state index in [1.807, 2.05) is 12.1 Å². The molecule has 0 aromatic heterocycles. The average molecular weight is 219 g/mol. The molecule has 1 saturated carbocycles. The van der Waals surface area contributed by atoms with Gasteiger partial charge in [-0.25, -0.2) is 0 Å². The molecule has 0 spiro atoms. The molecule has 0 aliphatic heterocycles. The van der Waals surface area contributed by atoms with Gasteiger partial charge in [0.2, 0.25) is 0 Å². The van der Waals surface area contributed by atoms with Crippen molar-refractivity contribution in [3.05, 3.63) is 24.3 Å². The molecular formula is C14H21NO. The van der Waals surface area contributed by atoms with Crippen LogP contribution in [0.2, 0.25) is 0 Å². The van der Waals surface area contributed by atoms with Crippen molar-refractivity contribution in [1.29, 1.82) is 0 Å². The summed E-state index contributed by atoms with van der Waals surface area (Å²) in [5, 5.41) is 3.60. The van der Waals surface area contributed by atoms with Crippen LogP contribution in [0, 0.1) is 5.92 Å². The van der Waals surface area contributed by atoms with Crippen LogP contribution >= 0.6 is 0 Å². The van der Waals surface area contributed by atoms with E-state index in [2.05, 4.69) is 24.4 Å². The molecule has 2 rings (SSSR count). The fraction of sp³-hybridized carbons (Fsp3) is 0.571. The van der Waals surface area contributed by atoms with Crippen LogP contribution in [0.1, 0.15) is 32.6 Å². The summed E-state index contributed by atoms with van der Waals surface area (Å²) >= 11 is 0. The molecule has 2 nitrogen and oxygen atoms in total. The van der Waals surface area contributed by atoms with Crippen LogP contribution in [0.3, 0.4) is 0 Å². The lowest BCUT2D eigenvalue weighted by Gasteiger charge is -2.14. The third-order valence-corrected chi connectivity index (χ3v) is 3.58. The Labute approximate surface area is 98.0 Å². The Balaban J connectivity index is 1.89. The minimum absolute atomic E-state index is 0.665. The Morgan fingerprint density at radius 3 is 2.56 bits per heavy atom. The van der Waals surface area contributed by atoms with Gasteiger partial charge in [-0.2, -0.15) is 0 Å². The van der Waals surface area contributed by atoms with Crippen LogP contribution in [0.25, 0.3) is 0 Å². The van der Waals surface area contributed by atoms with E-state index in [1.54, 1.807) is 7.11 Å². The lowest BCUT2D eigenvalue weighted by Crippen LogP contribution is -2.15. The molecule has 1 N–H and O–H groups in total. The number of hydrogen-bond donors (Lipinski definition) is 1. The number of benzene rings is 1. The van der Waals surface area contributed by atoms with Gasteiger partial charge in [0, 0.05) is 11.7 Å². The first kappa shape index (κ1) is 11.3. The molecule has 1 aromatic rings. The fourth-order valence-electron chi connectivity index (χ4n) is 2.50. The minimum Gasteiger partial charge on any atom is -0.497 e. The second kappa shape index (κ2) is 5.24. The maximum atomic E-state index is 5.15. The lowest BCUT2D eigenvalue weighted by molar-refractivity contribution is 0.415. The number of hydrogen-bond acceptors (Lipinski definition) is 2. The van der Waals surface area contributed by atoms with E-state index in [1.165, 1.54) is 31.4 Å². The van der Waals surface area contributed by atoms with E-state index in [9.17, 15) is 0 Å². The van der Waals surface area contributed by atoms with Crippen LogP contribution < -0.4 is 10.1 Å². The van der Waals surface area contributed by atoms with Crippen LogP contribution in [0.15, 0.2) is 24.3 Å². The van der Waals surface area contributed by atoms with Crippen molar-refractivity contribution >= 4 is 5.69 Å². The van der Waals surface area contributed by atoms with Crippen LogP contribution in [-0.2, 0) is 0 Å². The van der Waals surface area contributed by atoms with Gasteiger partial charge in [-0.1, -0.05) is 13.3 Å². The van der Waals surface area contributed by atoms with Crippen molar-refractivity contribution in [3.63, 3.8) is 0 Å². The van der Waals surface area contributed by atoms with Crippen molar-refractivity contribution in [2.75, 3.05) is 12.4 Å². The van der Waals surface area contributed by atoms with E-state index in [-0.39, 0.29) is 0 Å². The predicted octanol–water partition coefficient (Wildman–Crippen LogP) is 3.69. The van der Waals surface area contributed by atoms with Crippen LogP contribution in [0.5, 0.6) is 5.75 Å². The summed E-state index contributed by atoms with van der Waals surface area (Å²) < 4.78 is 5.15. The molecular weight excluding hydrogens is 198 g/mol. The monoisotopic (exact) mass is 219 g/mol. The zero-order chi connectivity index (χ0) is 11.4. The van der Waals surface area contributed by atoms with Crippen molar-refractivity contribution in [1.82, 2.24) is 0 Å². The Morgan fingerprint density at radius 2 is 2.00 bits per heavy atom. The lowest BCUT2D eigenvalue weighted by atomic mass is 10.1. The number of nitrogens with one attached hydrogen (secondary N) is 1. The van der Waals surface area contributed by atoms with Gasteiger partial charge in [-0.3, -0.25) is 0 Å². The molecule has 2 heteroatoms. The minimum atomic E-state index is 0.665. The molecule has 1 fully saturated rings. The molecule has 16 heavy (non-hydrogen) atoms. The predicted molar refractivity (Wildman–Crippen MR) is 68.0 cm³/mol. The van der Waals surface area contributed by atoms with E-state index >= 15 is 0 Å². The van der Waals surface area contributed by atoms with Gasteiger partial charge in [-0.15, -0.1) is 0 Å². The van der Waals surface area contributed by atoms with Crippen molar-refractivity contribution in [2.45, 2.75) is 38.6 Å². The molecule has 0 radical (unpaired) electrons. The van der Waals surface area contributed by atoms with Gasteiger partial charge < -0.3 is 10.1 Å². The van der Waals surface area contributed by atoms with E-state index in [0.717, 1.165) is 11.7 Å². The van der Waals surface area contributed by atoms with Crippen molar-refractivity contribution in [3.8, 4) is 5.75 Å². The maximum Gasteiger partial charge on any atom is 0.119 e. The molecule has 1 aromatic carbocycles. The van der Waals surface area contributed by atoms with Crippen molar-refractivity contribution < 1.29 is 4.74 Å². The third kappa shape index (κ3) is 2.69. The maximum absolute atomic E-state index is 5.15. The summed E-state index contributed by atoms with van der Waals surface area (Å²) in [6, 6.07) is 8.87. The second-order valence-corrected chi connectivity index (χ2v) is 4.66. The fourth-order valence-corrected chi connectivity index (χ4v) is 2.50. The van der Waals surface area contributed by atoms with E-state index in [4.69, 9.17) is 4.74 Å². The normalized spacial score (nSPS) is 24.4. The van der Waals surface area contributed by atoms with Crippen LogP contribution in [0.4, 0.5) is 5.69 Å². The number of ether oxygens (including phenoxy) is 1. The summed E-state index contributed by atoms with van der Waals surface area (Å²) in [5.74, 6) is 1.85. The molecule has 1 aliphatic rings. The average Bonchev–Trinajstić information content (AvgIpc) is 2.78. The second-order valence-electron chi connectivity index (χ2n) is 4.66. The molecule has 0 heterocycles. The Kier molecular flexibility index (Phi) is 3.70. The summed E-state index contributed by atoms with van der Waals surface area (Å²) in [6.45, 7) is 2.29. The molecule has 2 unspecified atom stereocenters. The summed E-state index contributed by atoms with van der Waals surface area (Å²) in [6.07, 6.45) is 5.33. The number of methoxy groups -OCH3 is 1. The topological polar surface area (TPSA) is 21.3 Å². The Morgan fingerprint density at radius 1 is 1.25 bits per heavy atom. The van der Waals surface area contributed by atoms with Crippen LogP contribution in [-0.4, -0.2) is 13.2 Å². The zero-order valence-electron chi connectivity index (χ0n) is 10.2. The largest absolute Gasteiger partial charge is 0.497 e. The number of anilines is 1. The van der Waals surface area contributed by atoms with Crippen molar-refractivity contribution in [2.24, 2.45) is 5.92 Å². The van der Waals surface area contributed by atoms with Gasteiger partial charge >= 0.3 is 0 Å². The molecule has 0 saturated heterocycles. The molecule has 0 bridgehead atoms. The Hall–Kier alpha value is -1.18.